The molecule has 0 atom stereocenters. The molecule has 3 nitrogen and oxygen atoms in total. The molecular weight excluding hydrogens is 284 g/mol. The van der Waals surface area contributed by atoms with E-state index in [1.165, 1.54) is 18.4 Å². The maximum absolute atomic E-state index is 5.94. The van der Waals surface area contributed by atoms with E-state index in [0.29, 0.717) is 13.2 Å². The molecule has 1 aromatic heterocycles. The normalized spacial score (nSPS) is 14.3. The molecule has 1 heterocycles. The van der Waals surface area contributed by atoms with Crippen LogP contribution < -0.4 is 5.32 Å². The van der Waals surface area contributed by atoms with E-state index in [4.69, 9.17) is 16.3 Å². The van der Waals surface area contributed by atoms with Crippen LogP contribution in [0.3, 0.4) is 0 Å². The topological polar surface area (TPSA) is 34.1 Å². The molecule has 3 rings (SSSR count). The van der Waals surface area contributed by atoms with Crippen LogP contribution in [0.1, 0.15) is 29.7 Å². The molecule has 0 unspecified atom stereocenters. The van der Waals surface area contributed by atoms with Crippen molar-refractivity contribution in [1.29, 1.82) is 0 Å². The van der Waals surface area contributed by atoms with Gasteiger partial charge in [0.05, 0.1) is 18.9 Å². The Labute approximate surface area is 130 Å². The number of nitrogens with zero attached hydrogens (tertiary/aromatic N) is 1. The molecule has 4 heteroatoms. The second-order valence-corrected chi connectivity index (χ2v) is 5.87. The maximum Gasteiger partial charge on any atom is 0.0892 e. The molecule has 0 spiro atoms. The van der Waals surface area contributed by atoms with Gasteiger partial charge in [0.1, 0.15) is 0 Å². The zero-order chi connectivity index (χ0) is 14.5. The Morgan fingerprint density at radius 2 is 2.05 bits per heavy atom. The first-order valence-electron chi connectivity index (χ1n) is 7.29. The summed E-state index contributed by atoms with van der Waals surface area (Å²) in [6.45, 7) is 1.97. The van der Waals surface area contributed by atoms with Gasteiger partial charge in [-0.3, -0.25) is 4.98 Å². The molecule has 1 fully saturated rings. The summed E-state index contributed by atoms with van der Waals surface area (Å²) in [6.07, 6.45) is 4.54. The molecule has 1 aromatic carbocycles. The number of ether oxygens (including phenoxy) is 1. The first-order chi connectivity index (χ1) is 10.3. The molecule has 0 saturated heterocycles. The van der Waals surface area contributed by atoms with Crippen LogP contribution in [0.5, 0.6) is 0 Å². The molecule has 0 aliphatic heterocycles. The van der Waals surface area contributed by atoms with E-state index in [1.807, 2.05) is 36.5 Å². The highest BCUT2D eigenvalue weighted by atomic mass is 35.5. The number of pyridine rings is 1. The minimum absolute atomic E-state index is 0.517. The van der Waals surface area contributed by atoms with Crippen molar-refractivity contribution in [3.8, 4) is 0 Å². The minimum atomic E-state index is 0.517. The Bertz CT molecular complexity index is 582. The molecule has 1 N–H and O–H groups in total. The predicted molar refractivity (Wildman–Crippen MR) is 84.0 cm³/mol. The van der Waals surface area contributed by atoms with Gasteiger partial charge in [-0.05, 0) is 42.2 Å². The lowest BCUT2D eigenvalue weighted by Crippen LogP contribution is -2.15. The van der Waals surface area contributed by atoms with Gasteiger partial charge >= 0.3 is 0 Å². The summed E-state index contributed by atoms with van der Waals surface area (Å²) in [6, 6.07) is 12.6. The van der Waals surface area contributed by atoms with Crippen molar-refractivity contribution in [1.82, 2.24) is 10.3 Å². The number of rotatable bonds is 7. The zero-order valence-corrected chi connectivity index (χ0v) is 12.6. The second kappa shape index (κ2) is 7.03. The number of hydrogen-bond donors (Lipinski definition) is 1. The predicted octanol–water partition coefficient (Wildman–Crippen LogP) is 3.70. The number of halogens is 1. The standard InChI is InChI=1S/C17H19ClN2O/c18-15-3-1-2-13(8-15)11-21-12-17-5-4-14(10-20-17)9-19-16-6-7-16/h1-5,8,10,16,19H,6-7,9,11-12H2. The second-order valence-electron chi connectivity index (χ2n) is 5.44. The summed E-state index contributed by atoms with van der Waals surface area (Å²) in [5, 5.41) is 4.22. The van der Waals surface area contributed by atoms with E-state index in [1.54, 1.807) is 0 Å². The Balaban J connectivity index is 1.44. The first kappa shape index (κ1) is 14.5. The lowest BCUT2D eigenvalue weighted by molar-refractivity contribution is 0.104. The maximum atomic E-state index is 5.94. The summed E-state index contributed by atoms with van der Waals surface area (Å²) < 4.78 is 5.67. The van der Waals surface area contributed by atoms with E-state index in [9.17, 15) is 0 Å². The van der Waals surface area contributed by atoms with Crippen LogP contribution in [-0.4, -0.2) is 11.0 Å². The first-order valence-corrected chi connectivity index (χ1v) is 7.67. The minimum Gasteiger partial charge on any atom is -0.370 e. The number of aromatic nitrogens is 1. The fourth-order valence-corrected chi connectivity index (χ4v) is 2.31. The Kier molecular flexibility index (Phi) is 4.86. The largest absolute Gasteiger partial charge is 0.370 e. The highest BCUT2D eigenvalue weighted by molar-refractivity contribution is 6.30. The molecular formula is C17H19ClN2O. The molecule has 2 aromatic rings. The van der Waals surface area contributed by atoms with E-state index >= 15 is 0 Å². The van der Waals surface area contributed by atoms with Gasteiger partial charge in [-0.15, -0.1) is 0 Å². The van der Waals surface area contributed by atoms with Crippen molar-refractivity contribution >= 4 is 11.6 Å². The Hall–Kier alpha value is -1.42. The fraction of sp³-hybridized carbons (Fsp3) is 0.353. The van der Waals surface area contributed by atoms with E-state index in [2.05, 4.69) is 16.4 Å². The third-order valence-electron chi connectivity index (χ3n) is 3.47. The lowest BCUT2D eigenvalue weighted by Gasteiger charge is -2.06. The molecule has 21 heavy (non-hydrogen) atoms. The van der Waals surface area contributed by atoms with Crippen molar-refractivity contribution in [2.24, 2.45) is 0 Å². The van der Waals surface area contributed by atoms with E-state index in [-0.39, 0.29) is 0 Å². The van der Waals surface area contributed by atoms with Gasteiger partial charge in [0.25, 0.3) is 0 Å². The zero-order valence-electron chi connectivity index (χ0n) is 11.9. The molecule has 110 valence electrons. The third-order valence-corrected chi connectivity index (χ3v) is 3.70. The van der Waals surface area contributed by atoms with Gasteiger partial charge < -0.3 is 10.1 Å². The highest BCUT2D eigenvalue weighted by Gasteiger charge is 2.19. The smallest absolute Gasteiger partial charge is 0.0892 e. The third kappa shape index (κ3) is 4.81. The van der Waals surface area contributed by atoms with Gasteiger partial charge in [-0.25, -0.2) is 0 Å². The van der Waals surface area contributed by atoms with Gasteiger partial charge in [-0.1, -0.05) is 29.8 Å². The summed E-state index contributed by atoms with van der Waals surface area (Å²) in [5.74, 6) is 0. The van der Waals surface area contributed by atoms with Gasteiger partial charge in [0.2, 0.25) is 0 Å². The summed E-state index contributed by atoms with van der Waals surface area (Å²) in [7, 11) is 0. The van der Waals surface area contributed by atoms with Crippen LogP contribution in [0.2, 0.25) is 5.02 Å². The van der Waals surface area contributed by atoms with Gasteiger partial charge in [0.15, 0.2) is 0 Å². The SMILES string of the molecule is Clc1cccc(COCc2ccc(CNC3CC3)cn2)c1. The van der Waals surface area contributed by atoms with Crippen molar-refractivity contribution in [2.45, 2.75) is 38.6 Å². The van der Waals surface area contributed by atoms with Crippen LogP contribution >= 0.6 is 11.6 Å². The number of hydrogen-bond acceptors (Lipinski definition) is 3. The monoisotopic (exact) mass is 302 g/mol. The van der Waals surface area contributed by atoms with Crippen LogP contribution in [0.4, 0.5) is 0 Å². The average molecular weight is 303 g/mol. The van der Waals surface area contributed by atoms with Gasteiger partial charge in [-0.2, -0.15) is 0 Å². The van der Waals surface area contributed by atoms with E-state index in [0.717, 1.165) is 28.9 Å². The molecule has 1 aliphatic rings. The molecule has 0 radical (unpaired) electrons. The molecule has 1 aliphatic carbocycles. The summed E-state index contributed by atoms with van der Waals surface area (Å²) >= 11 is 5.94. The highest BCUT2D eigenvalue weighted by Crippen LogP contribution is 2.19. The Morgan fingerprint density at radius 1 is 1.14 bits per heavy atom. The number of nitrogens with one attached hydrogen (secondary N) is 1. The van der Waals surface area contributed by atoms with Crippen molar-refractivity contribution < 1.29 is 4.74 Å². The van der Waals surface area contributed by atoms with Crippen molar-refractivity contribution in [3.63, 3.8) is 0 Å². The fourth-order valence-electron chi connectivity index (χ4n) is 2.09. The van der Waals surface area contributed by atoms with Crippen molar-refractivity contribution in [3.05, 3.63) is 64.4 Å². The molecule has 1 saturated carbocycles. The van der Waals surface area contributed by atoms with Crippen LogP contribution in [0.25, 0.3) is 0 Å². The van der Waals surface area contributed by atoms with Crippen LogP contribution in [0, 0.1) is 0 Å². The van der Waals surface area contributed by atoms with Gasteiger partial charge in [0, 0.05) is 23.8 Å². The molecule has 0 amide bonds. The van der Waals surface area contributed by atoms with Crippen molar-refractivity contribution in [2.75, 3.05) is 0 Å². The molecule has 0 bridgehead atoms. The quantitative estimate of drug-likeness (QED) is 0.847. The van der Waals surface area contributed by atoms with Crippen LogP contribution in [0.15, 0.2) is 42.6 Å². The summed E-state index contributed by atoms with van der Waals surface area (Å²) in [5.41, 5.74) is 3.25. The van der Waals surface area contributed by atoms with E-state index < -0.39 is 0 Å². The lowest BCUT2D eigenvalue weighted by atomic mass is 10.2. The summed E-state index contributed by atoms with van der Waals surface area (Å²) in [4.78, 5) is 4.43. The Morgan fingerprint density at radius 3 is 2.76 bits per heavy atom. The van der Waals surface area contributed by atoms with Crippen LogP contribution in [-0.2, 0) is 24.5 Å². The average Bonchev–Trinajstić information content (AvgIpc) is 3.31. The number of benzene rings is 1.